The van der Waals surface area contributed by atoms with Crippen LogP contribution in [0, 0.1) is 0 Å². The molecule has 96 valence electrons. The molecule has 0 radical (unpaired) electrons. The van der Waals surface area contributed by atoms with Crippen molar-refractivity contribution in [3.63, 3.8) is 0 Å². The fourth-order valence-electron chi connectivity index (χ4n) is 1.35. The van der Waals surface area contributed by atoms with Crippen molar-refractivity contribution in [2.24, 2.45) is 0 Å². The van der Waals surface area contributed by atoms with Crippen LogP contribution in [0.3, 0.4) is 0 Å². The SMILES string of the molecule is CCCS(=O)(=O)CCOc1cccc(O)c1N. The van der Waals surface area contributed by atoms with Crippen molar-refractivity contribution in [3.8, 4) is 11.5 Å². The van der Waals surface area contributed by atoms with Gasteiger partial charge in [-0.25, -0.2) is 8.42 Å². The van der Waals surface area contributed by atoms with Gasteiger partial charge in [-0.05, 0) is 18.6 Å². The average Bonchev–Trinajstić information content (AvgIpc) is 2.24. The van der Waals surface area contributed by atoms with Crippen LogP contribution in [0.15, 0.2) is 18.2 Å². The van der Waals surface area contributed by atoms with E-state index in [9.17, 15) is 13.5 Å². The lowest BCUT2D eigenvalue weighted by molar-refractivity contribution is 0.340. The molecule has 0 saturated heterocycles. The summed E-state index contributed by atoms with van der Waals surface area (Å²) in [7, 11) is -3.05. The first-order valence-electron chi connectivity index (χ1n) is 5.37. The third-order valence-corrected chi connectivity index (χ3v) is 4.03. The fourth-order valence-corrected chi connectivity index (χ4v) is 2.51. The molecule has 0 bridgehead atoms. The highest BCUT2D eigenvalue weighted by atomic mass is 32.2. The van der Waals surface area contributed by atoms with E-state index in [4.69, 9.17) is 10.5 Å². The van der Waals surface area contributed by atoms with Gasteiger partial charge in [0.1, 0.15) is 23.8 Å². The molecule has 0 aliphatic carbocycles. The molecular formula is C11H17NO4S. The van der Waals surface area contributed by atoms with E-state index >= 15 is 0 Å². The van der Waals surface area contributed by atoms with Gasteiger partial charge < -0.3 is 15.6 Å². The minimum absolute atomic E-state index is 0.0377. The summed E-state index contributed by atoms with van der Waals surface area (Å²) in [5, 5.41) is 9.32. The molecule has 0 saturated carbocycles. The number of sulfone groups is 1. The zero-order valence-electron chi connectivity index (χ0n) is 9.72. The number of nitrogens with two attached hydrogens (primary N) is 1. The van der Waals surface area contributed by atoms with E-state index in [1.165, 1.54) is 6.07 Å². The molecule has 5 nitrogen and oxygen atoms in total. The molecular weight excluding hydrogens is 242 g/mol. The molecule has 0 aliphatic heterocycles. The Labute approximate surface area is 101 Å². The number of rotatable bonds is 6. The predicted molar refractivity (Wildman–Crippen MR) is 67.0 cm³/mol. The molecule has 0 aromatic heterocycles. The van der Waals surface area contributed by atoms with Crippen molar-refractivity contribution >= 4 is 15.5 Å². The second-order valence-corrected chi connectivity index (χ2v) is 5.99. The van der Waals surface area contributed by atoms with E-state index in [0.29, 0.717) is 12.2 Å². The summed E-state index contributed by atoms with van der Waals surface area (Å²) in [5.41, 5.74) is 5.69. The van der Waals surface area contributed by atoms with Crippen LogP contribution in [-0.2, 0) is 9.84 Å². The highest BCUT2D eigenvalue weighted by Gasteiger charge is 2.10. The minimum atomic E-state index is -3.05. The summed E-state index contributed by atoms with van der Waals surface area (Å²) in [6.07, 6.45) is 0.594. The summed E-state index contributed by atoms with van der Waals surface area (Å²) in [4.78, 5) is 0. The predicted octanol–water partition coefficient (Wildman–Crippen LogP) is 1.18. The van der Waals surface area contributed by atoms with Crippen molar-refractivity contribution in [2.75, 3.05) is 23.8 Å². The number of ether oxygens (including phenoxy) is 1. The average molecular weight is 259 g/mol. The Hall–Kier alpha value is -1.43. The molecule has 0 aliphatic rings. The first-order chi connectivity index (χ1) is 7.96. The van der Waals surface area contributed by atoms with Crippen LogP contribution >= 0.6 is 0 Å². The molecule has 0 spiro atoms. The summed E-state index contributed by atoms with van der Waals surface area (Å²) < 4.78 is 28.1. The Morgan fingerprint density at radius 1 is 1.35 bits per heavy atom. The molecule has 6 heteroatoms. The number of phenolic OH excluding ortho intramolecular Hbond substituents is 1. The Morgan fingerprint density at radius 2 is 2.06 bits per heavy atom. The van der Waals surface area contributed by atoms with Crippen molar-refractivity contribution < 1.29 is 18.3 Å². The largest absolute Gasteiger partial charge is 0.506 e. The first-order valence-corrected chi connectivity index (χ1v) is 7.19. The number of anilines is 1. The van der Waals surface area contributed by atoms with Crippen molar-refractivity contribution in [1.29, 1.82) is 0 Å². The van der Waals surface area contributed by atoms with Crippen molar-refractivity contribution in [1.82, 2.24) is 0 Å². The van der Waals surface area contributed by atoms with Gasteiger partial charge in [0.25, 0.3) is 0 Å². The molecule has 1 rings (SSSR count). The molecule has 0 unspecified atom stereocenters. The maximum atomic E-state index is 11.4. The van der Waals surface area contributed by atoms with E-state index in [1.807, 2.05) is 6.92 Å². The zero-order chi connectivity index (χ0) is 12.9. The third-order valence-electron chi connectivity index (χ3n) is 2.21. The van der Waals surface area contributed by atoms with E-state index in [0.717, 1.165) is 0 Å². The van der Waals surface area contributed by atoms with Gasteiger partial charge in [0.15, 0.2) is 9.84 Å². The van der Waals surface area contributed by atoms with Crippen LogP contribution in [0.5, 0.6) is 11.5 Å². The van der Waals surface area contributed by atoms with Gasteiger partial charge in [0.05, 0.1) is 11.5 Å². The van der Waals surface area contributed by atoms with Crippen molar-refractivity contribution in [2.45, 2.75) is 13.3 Å². The second kappa shape index (κ2) is 5.77. The van der Waals surface area contributed by atoms with Gasteiger partial charge in [-0.1, -0.05) is 13.0 Å². The van der Waals surface area contributed by atoms with Crippen molar-refractivity contribution in [3.05, 3.63) is 18.2 Å². The molecule has 17 heavy (non-hydrogen) atoms. The minimum Gasteiger partial charge on any atom is -0.506 e. The maximum Gasteiger partial charge on any atom is 0.153 e. The standard InChI is InChI=1S/C11H17NO4S/c1-2-7-17(14,15)8-6-16-10-5-3-4-9(13)11(10)12/h3-5,13H,2,6-8,12H2,1H3. The van der Waals surface area contributed by atoms with Gasteiger partial charge in [-0.2, -0.15) is 0 Å². The van der Waals surface area contributed by atoms with Crippen LogP contribution in [0.1, 0.15) is 13.3 Å². The Bertz CT molecular complexity index is 470. The normalized spacial score (nSPS) is 11.4. The lowest BCUT2D eigenvalue weighted by Gasteiger charge is -2.09. The fraction of sp³-hybridized carbons (Fsp3) is 0.455. The van der Waals surface area contributed by atoms with E-state index in [-0.39, 0.29) is 29.5 Å². The highest BCUT2D eigenvalue weighted by molar-refractivity contribution is 7.91. The zero-order valence-corrected chi connectivity index (χ0v) is 10.5. The molecule has 0 amide bonds. The topological polar surface area (TPSA) is 89.6 Å². The molecule has 0 atom stereocenters. The van der Waals surface area contributed by atoms with Crippen LogP contribution in [0.2, 0.25) is 0 Å². The number of hydrogen-bond donors (Lipinski definition) is 2. The Morgan fingerprint density at radius 3 is 2.71 bits per heavy atom. The molecule has 1 aromatic carbocycles. The van der Waals surface area contributed by atoms with E-state index in [1.54, 1.807) is 12.1 Å². The third kappa shape index (κ3) is 4.14. The maximum absolute atomic E-state index is 11.4. The number of nitrogen functional groups attached to an aromatic ring is 1. The van der Waals surface area contributed by atoms with Gasteiger partial charge in [-0.3, -0.25) is 0 Å². The van der Waals surface area contributed by atoms with Gasteiger partial charge in [-0.15, -0.1) is 0 Å². The second-order valence-electron chi connectivity index (χ2n) is 3.69. The van der Waals surface area contributed by atoms with Crippen LogP contribution in [0.25, 0.3) is 0 Å². The monoisotopic (exact) mass is 259 g/mol. The summed E-state index contributed by atoms with van der Waals surface area (Å²) in [6, 6.07) is 4.61. The van der Waals surface area contributed by atoms with E-state index < -0.39 is 9.84 Å². The lowest BCUT2D eigenvalue weighted by atomic mass is 10.3. The quantitative estimate of drug-likeness (QED) is 0.591. The Balaban J connectivity index is 2.55. The highest BCUT2D eigenvalue weighted by Crippen LogP contribution is 2.29. The lowest BCUT2D eigenvalue weighted by Crippen LogP contribution is -2.17. The number of benzene rings is 1. The Kier molecular flexibility index (Phi) is 4.62. The molecule has 1 aromatic rings. The first kappa shape index (κ1) is 13.6. The smallest absolute Gasteiger partial charge is 0.153 e. The van der Waals surface area contributed by atoms with Crippen LogP contribution in [0.4, 0.5) is 5.69 Å². The van der Waals surface area contributed by atoms with Gasteiger partial charge >= 0.3 is 0 Å². The number of hydrogen-bond acceptors (Lipinski definition) is 5. The molecule has 3 N–H and O–H groups in total. The number of aromatic hydroxyl groups is 1. The van der Waals surface area contributed by atoms with Crippen LogP contribution in [-0.4, -0.2) is 31.6 Å². The number of phenols is 1. The summed E-state index contributed by atoms with van der Waals surface area (Å²) in [6.45, 7) is 1.85. The summed E-state index contributed by atoms with van der Waals surface area (Å²) >= 11 is 0. The number of para-hydroxylation sites is 1. The van der Waals surface area contributed by atoms with Crippen LogP contribution < -0.4 is 10.5 Å². The molecule has 0 fully saturated rings. The summed E-state index contributed by atoms with van der Waals surface area (Å²) in [5.74, 6) is 0.345. The van der Waals surface area contributed by atoms with Gasteiger partial charge in [0.2, 0.25) is 0 Å². The molecule has 0 heterocycles. The van der Waals surface area contributed by atoms with Gasteiger partial charge in [0, 0.05) is 0 Å². The van der Waals surface area contributed by atoms with E-state index in [2.05, 4.69) is 0 Å².